The van der Waals surface area contributed by atoms with E-state index in [1.165, 1.54) is 0 Å². The maximum atomic E-state index is 12.8. The first kappa shape index (κ1) is 16.7. The fourth-order valence-corrected chi connectivity index (χ4v) is 3.00. The number of hydrogen-bond acceptors (Lipinski definition) is 5. The van der Waals surface area contributed by atoms with Crippen LogP contribution >= 0.6 is 0 Å². The van der Waals surface area contributed by atoms with Crippen LogP contribution in [0.1, 0.15) is 41.8 Å². The molecule has 3 rings (SSSR count). The van der Waals surface area contributed by atoms with Crippen LogP contribution in [0.25, 0.3) is 0 Å². The molecule has 126 valence electrons. The van der Waals surface area contributed by atoms with Gasteiger partial charge in [-0.2, -0.15) is 10.4 Å². The number of carbonyl (C=O) groups excluding carboxylic acids is 1. The fraction of sp³-hybridized carbons (Fsp3) is 0.250. The zero-order valence-electron chi connectivity index (χ0n) is 14.5. The van der Waals surface area contributed by atoms with Crippen molar-refractivity contribution in [3.8, 4) is 11.8 Å². The number of methoxy groups -OCH3 is 1. The Bertz CT molecular complexity index is 890. The zero-order chi connectivity index (χ0) is 18.0. The monoisotopic (exact) mass is 333 g/mol. The Morgan fingerprint density at radius 3 is 2.56 bits per heavy atom. The third kappa shape index (κ3) is 3.24. The Labute approximate surface area is 146 Å². The van der Waals surface area contributed by atoms with E-state index in [0.29, 0.717) is 23.3 Å². The molecule has 5 nitrogen and oxygen atoms in total. The van der Waals surface area contributed by atoms with Crippen molar-refractivity contribution in [3.63, 3.8) is 0 Å². The minimum atomic E-state index is -0.219. The van der Waals surface area contributed by atoms with Crippen molar-refractivity contribution in [1.29, 1.82) is 5.26 Å². The molecule has 0 aromatic heterocycles. The van der Waals surface area contributed by atoms with Gasteiger partial charge in [0.25, 0.3) is 0 Å². The molecule has 0 spiro atoms. The van der Waals surface area contributed by atoms with E-state index >= 15 is 0 Å². The van der Waals surface area contributed by atoms with Crippen molar-refractivity contribution < 1.29 is 9.53 Å². The predicted molar refractivity (Wildman–Crippen MR) is 97.2 cm³/mol. The molecule has 0 amide bonds. The SMILES string of the molecule is COc1ccc2c(c1)C(C)(C)C/C(=N\Nc1ccc(C#N)cc1)C2=O. The Morgan fingerprint density at radius 2 is 1.92 bits per heavy atom. The molecular weight excluding hydrogens is 314 g/mol. The number of ether oxygens (including phenoxy) is 1. The molecule has 1 aliphatic carbocycles. The molecule has 0 unspecified atom stereocenters. The lowest BCUT2D eigenvalue weighted by Gasteiger charge is -2.32. The summed E-state index contributed by atoms with van der Waals surface area (Å²) < 4.78 is 5.28. The van der Waals surface area contributed by atoms with E-state index in [1.54, 1.807) is 43.5 Å². The number of nitriles is 1. The second-order valence-corrected chi connectivity index (χ2v) is 6.66. The van der Waals surface area contributed by atoms with Gasteiger partial charge in [0.05, 0.1) is 24.4 Å². The first-order chi connectivity index (χ1) is 11.9. The first-order valence-corrected chi connectivity index (χ1v) is 8.00. The summed E-state index contributed by atoms with van der Waals surface area (Å²) in [7, 11) is 1.62. The molecule has 0 radical (unpaired) electrons. The van der Waals surface area contributed by atoms with E-state index in [4.69, 9.17) is 10.00 Å². The number of nitrogens with one attached hydrogen (secondary N) is 1. The number of carbonyl (C=O) groups is 1. The minimum Gasteiger partial charge on any atom is -0.497 e. The van der Waals surface area contributed by atoms with E-state index in [0.717, 1.165) is 17.0 Å². The summed E-state index contributed by atoms with van der Waals surface area (Å²) in [5, 5.41) is 13.2. The predicted octanol–water partition coefficient (Wildman–Crippen LogP) is 3.90. The average Bonchev–Trinajstić information content (AvgIpc) is 2.63. The molecular formula is C20H19N3O2. The van der Waals surface area contributed by atoms with Gasteiger partial charge in [0, 0.05) is 12.0 Å². The van der Waals surface area contributed by atoms with Crippen LogP contribution in [0.5, 0.6) is 5.75 Å². The van der Waals surface area contributed by atoms with Gasteiger partial charge < -0.3 is 4.74 Å². The van der Waals surface area contributed by atoms with Crippen LogP contribution in [0.2, 0.25) is 0 Å². The van der Waals surface area contributed by atoms with Crippen molar-refractivity contribution in [2.24, 2.45) is 5.10 Å². The van der Waals surface area contributed by atoms with Crippen LogP contribution < -0.4 is 10.2 Å². The van der Waals surface area contributed by atoms with Crippen LogP contribution in [0.3, 0.4) is 0 Å². The van der Waals surface area contributed by atoms with Crippen LogP contribution in [-0.2, 0) is 5.41 Å². The minimum absolute atomic E-state index is 0.0712. The second-order valence-electron chi connectivity index (χ2n) is 6.66. The van der Waals surface area contributed by atoms with E-state index in [-0.39, 0.29) is 11.2 Å². The van der Waals surface area contributed by atoms with Crippen LogP contribution in [-0.4, -0.2) is 18.6 Å². The number of fused-ring (bicyclic) bond motifs is 1. The van der Waals surface area contributed by atoms with Gasteiger partial charge >= 0.3 is 0 Å². The number of ketones is 1. The summed E-state index contributed by atoms with van der Waals surface area (Å²) >= 11 is 0. The molecule has 0 saturated carbocycles. The zero-order valence-corrected chi connectivity index (χ0v) is 14.5. The van der Waals surface area contributed by atoms with Crippen LogP contribution in [0.15, 0.2) is 47.6 Å². The van der Waals surface area contributed by atoms with Gasteiger partial charge in [0.15, 0.2) is 0 Å². The molecule has 0 saturated heterocycles. The molecule has 2 aromatic rings. The maximum Gasteiger partial charge on any atom is 0.209 e. The quantitative estimate of drug-likeness (QED) is 0.865. The molecule has 0 fully saturated rings. The highest BCUT2D eigenvalue weighted by atomic mass is 16.5. The van der Waals surface area contributed by atoms with E-state index < -0.39 is 0 Å². The molecule has 0 atom stereocenters. The molecule has 0 aliphatic heterocycles. The lowest BCUT2D eigenvalue weighted by molar-refractivity contribution is 0.105. The van der Waals surface area contributed by atoms with Crippen molar-refractivity contribution in [3.05, 3.63) is 59.2 Å². The molecule has 2 aromatic carbocycles. The van der Waals surface area contributed by atoms with Crippen molar-refractivity contribution in [2.75, 3.05) is 12.5 Å². The smallest absolute Gasteiger partial charge is 0.209 e. The molecule has 1 aliphatic rings. The third-order valence-electron chi connectivity index (χ3n) is 4.41. The number of Topliss-reactive ketones (excluding diaryl/α,β-unsaturated/α-hetero) is 1. The van der Waals surface area contributed by atoms with Gasteiger partial charge in [-0.15, -0.1) is 0 Å². The summed E-state index contributed by atoms with van der Waals surface area (Å²) in [5.74, 6) is 0.675. The number of anilines is 1. The Kier molecular flexibility index (Phi) is 4.28. The first-order valence-electron chi connectivity index (χ1n) is 8.00. The fourth-order valence-electron chi connectivity index (χ4n) is 3.00. The van der Waals surface area contributed by atoms with Crippen molar-refractivity contribution in [2.45, 2.75) is 25.7 Å². The lowest BCUT2D eigenvalue weighted by Crippen LogP contribution is -2.35. The van der Waals surface area contributed by atoms with Gasteiger partial charge in [-0.05, 0) is 53.4 Å². The highest BCUT2D eigenvalue weighted by Gasteiger charge is 2.36. The number of rotatable bonds is 3. The van der Waals surface area contributed by atoms with Crippen LogP contribution in [0.4, 0.5) is 5.69 Å². The van der Waals surface area contributed by atoms with E-state index in [1.807, 2.05) is 6.07 Å². The Hall–Kier alpha value is -3.13. The highest BCUT2D eigenvalue weighted by molar-refractivity contribution is 6.47. The van der Waals surface area contributed by atoms with Crippen molar-refractivity contribution >= 4 is 17.2 Å². The van der Waals surface area contributed by atoms with Gasteiger partial charge in [-0.25, -0.2) is 0 Å². The number of hydrogen-bond donors (Lipinski definition) is 1. The molecule has 25 heavy (non-hydrogen) atoms. The normalized spacial score (nSPS) is 16.9. The largest absolute Gasteiger partial charge is 0.497 e. The molecule has 5 heteroatoms. The third-order valence-corrected chi connectivity index (χ3v) is 4.41. The van der Waals surface area contributed by atoms with Gasteiger partial charge in [-0.1, -0.05) is 13.8 Å². The number of hydrazone groups is 1. The van der Waals surface area contributed by atoms with Gasteiger partial charge in [0.2, 0.25) is 5.78 Å². The van der Waals surface area contributed by atoms with E-state index in [2.05, 4.69) is 30.4 Å². The molecule has 0 bridgehead atoms. The highest BCUT2D eigenvalue weighted by Crippen LogP contribution is 2.37. The second kappa shape index (κ2) is 6.40. The topological polar surface area (TPSA) is 74.5 Å². The Balaban J connectivity index is 1.90. The summed E-state index contributed by atoms with van der Waals surface area (Å²) in [6, 6.07) is 14.5. The van der Waals surface area contributed by atoms with Gasteiger partial charge in [0.1, 0.15) is 11.5 Å². The molecule has 0 heterocycles. The van der Waals surface area contributed by atoms with Crippen LogP contribution in [0, 0.1) is 11.3 Å². The summed E-state index contributed by atoms with van der Waals surface area (Å²) in [6.45, 7) is 4.18. The summed E-state index contributed by atoms with van der Waals surface area (Å²) in [4.78, 5) is 12.8. The molecule has 1 N–H and O–H groups in total. The van der Waals surface area contributed by atoms with Crippen molar-refractivity contribution in [1.82, 2.24) is 0 Å². The van der Waals surface area contributed by atoms with E-state index in [9.17, 15) is 4.79 Å². The number of nitrogens with zero attached hydrogens (tertiary/aromatic N) is 2. The lowest BCUT2D eigenvalue weighted by atomic mass is 9.71. The maximum absolute atomic E-state index is 12.8. The number of benzene rings is 2. The summed E-state index contributed by atoms with van der Waals surface area (Å²) in [5.41, 5.74) is 6.15. The standard InChI is InChI=1S/C20H19N3O2/c1-20(2)11-18(23-22-14-6-4-13(12-21)5-7-14)19(24)16-9-8-15(25-3)10-17(16)20/h4-10,22H,11H2,1-3H3/b23-18+. The summed E-state index contributed by atoms with van der Waals surface area (Å²) in [6.07, 6.45) is 0.537. The van der Waals surface area contributed by atoms with Gasteiger partial charge in [-0.3, -0.25) is 10.2 Å². The Morgan fingerprint density at radius 1 is 1.20 bits per heavy atom. The average molecular weight is 333 g/mol.